The van der Waals surface area contributed by atoms with Gasteiger partial charge in [0, 0.05) is 0 Å². The molecule has 0 aliphatic heterocycles. The molecule has 78 valence electrons. The lowest BCUT2D eigenvalue weighted by molar-refractivity contribution is -0.402. The smallest absolute Gasteiger partial charge is 0.404 e. The van der Waals surface area contributed by atoms with E-state index in [-0.39, 0.29) is 18.2 Å². The Morgan fingerprint density at radius 3 is 2.79 bits per heavy atom. The van der Waals surface area contributed by atoms with E-state index < -0.39 is 17.9 Å². The Labute approximate surface area is 77.9 Å². The Morgan fingerprint density at radius 2 is 2.29 bits per heavy atom. The molecule has 0 saturated heterocycles. The van der Waals surface area contributed by atoms with Gasteiger partial charge >= 0.3 is 5.88 Å². The van der Waals surface area contributed by atoms with Crippen LogP contribution in [-0.4, -0.2) is 17.9 Å². The van der Waals surface area contributed by atoms with Crippen LogP contribution in [0.4, 0.5) is 14.7 Å². The van der Waals surface area contributed by atoms with Gasteiger partial charge in [0.05, 0.1) is 19.2 Å². The van der Waals surface area contributed by atoms with Gasteiger partial charge < -0.3 is 9.73 Å². The summed E-state index contributed by atoms with van der Waals surface area (Å²) in [5, 5.41) is 12.6. The summed E-state index contributed by atoms with van der Waals surface area (Å²) in [6.45, 7) is -0.410. The molecule has 7 heteroatoms. The van der Waals surface area contributed by atoms with Crippen LogP contribution in [0, 0.1) is 10.1 Å². The molecule has 1 N–H and O–H groups in total. The Morgan fingerprint density at radius 1 is 1.57 bits per heavy atom. The number of furan rings is 1. The second kappa shape index (κ2) is 4.66. The summed E-state index contributed by atoms with van der Waals surface area (Å²) in [5.41, 5.74) is 0. The molecule has 0 bridgehead atoms. The van der Waals surface area contributed by atoms with Crippen molar-refractivity contribution in [1.29, 1.82) is 0 Å². The number of alkyl halides is 2. The third-order valence-corrected chi connectivity index (χ3v) is 1.43. The number of nitrogens with zero attached hydrogens (tertiary/aromatic N) is 1. The Hall–Kier alpha value is -1.50. The van der Waals surface area contributed by atoms with Crippen LogP contribution in [0.2, 0.25) is 0 Å². The van der Waals surface area contributed by atoms with Crippen LogP contribution >= 0.6 is 0 Å². The minimum Gasteiger partial charge on any atom is -0.404 e. The minimum absolute atomic E-state index is 0.0537. The first-order valence-electron chi connectivity index (χ1n) is 3.81. The zero-order valence-corrected chi connectivity index (χ0v) is 7.07. The number of rotatable bonds is 5. The van der Waals surface area contributed by atoms with Gasteiger partial charge in [-0.25, -0.2) is 8.78 Å². The first-order valence-corrected chi connectivity index (χ1v) is 3.81. The number of halogens is 2. The van der Waals surface area contributed by atoms with Gasteiger partial charge in [-0.05, 0) is 6.07 Å². The van der Waals surface area contributed by atoms with E-state index in [0.29, 0.717) is 0 Å². The van der Waals surface area contributed by atoms with Crippen molar-refractivity contribution in [3.05, 3.63) is 28.0 Å². The summed E-state index contributed by atoms with van der Waals surface area (Å²) in [7, 11) is 0. The zero-order chi connectivity index (χ0) is 10.6. The van der Waals surface area contributed by atoms with Crippen molar-refractivity contribution in [2.45, 2.75) is 13.0 Å². The summed E-state index contributed by atoms with van der Waals surface area (Å²) >= 11 is 0. The van der Waals surface area contributed by atoms with Crippen LogP contribution in [0.5, 0.6) is 0 Å². The molecule has 1 aromatic heterocycles. The fourth-order valence-corrected chi connectivity index (χ4v) is 0.864. The van der Waals surface area contributed by atoms with Crippen molar-refractivity contribution < 1.29 is 18.1 Å². The monoisotopic (exact) mass is 206 g/mol. The van der Waals surface area contributed by atoms with Gasteiger partial charge in [-0.15, -0.1) is 0 Å². The van der Waals surface area contributed by atoms with E-state index in [4.69, 9.17) is 4.42 Å². The van der Waals surface area contributed by atoms with Crippen LogP contribution in [0.1, 0.15) is 5.76 Å². The molecular formula is C7H8F2N2O3. The van der Waals surface area contributed by atoms with Gasteiger partial charge in [-0.2, -0.15) is 0 Å². The highest BCUT2D eigenvalue weighted by molar-refractivity contribution is 5.17. The molecule has 0 aromatic carbocycles. The Bertz CT molecular complexity index is 314. The van der Waals surface area contributed by atoms with Crippen molar-refractivity contribution in [3.63, 3.8) is 0 Å². The summed E-state index contributed by atoms with van der Waals surface area (Å²) in [6.07, 6.45) is -2.44. The highest BCUT2D eigenvalue weighted by Crippen LogP contribution is 2.15. The van der Waals surface area contributed by atoms with Crippen LogP contribution in [0.15, 0.2) is 16.5 Å². The molecule has 0 aliphatic rings. The van der Waals surface area contributed by atoms with Gasteiger partial charge in [-0.1, -0.05) is 0 Å². The van der Waals surface area contributed by atoms with Crippen LogP contribution in [0.25, 0.3) is 0 Å². The second-order valence-electron chi connectivity index (χ2n) is 2.52. The molecule has 0 amide bonds. The van der Waals surface area contributed by atoms with Crippen molar-refractivity contribution in [1.82, 2.24) is 5.32 Å². The van der Waals surface area contributed by atoms with Gasteiger partial charge in [0.1, 0.15) is 10.7 Å². The predicted octanol–water partition coefficient (Wildman–Crippen LogP) is 1.54. The third kappa shape index (κ3) is 3.09. The molecule has 0 radical (unpaired) electrons. The summed E-state index contributed by atoms with van der Waals surface area (Å²) in [6, 6.07) is 2.55. The SMILES string of the molecule is O=[N+]([O-])c1ccc(CNCC(F)F)o1. The maximum Gasteiger partial charge on any atom is 0.433 e. The lowest BCUT2D eigenvalue weighted by atomic mass is 10.4. The molecule has 5 nitrogen and oxygen atoms in total. The number of hydrogen-bond acceptors (Lipinski definition) is 4. The maximum atomic E-state index is 11.7. The molecule has 1 rings (SSSR count). The van der Waals surface area contributed by atoms with Crippen molar-refractivity contribution in [2.24, 2.45) is 0 Å². The molecule has 0 fully saturated rings. The number of nitro groups is 1. The van der Waals surface area contributed by atoms with Gasteiger partial charge in [-0.3, -0.25) is 10.1 Å². The van der Waals surface area contributed by atoms with E-state index >= 15 is 0 Å². The molecule has 0 unspecified atom stereocenters. The second-order valence-corrected chi connectivity index (χ2v) is 2.52. The van der Waals surface area contributed by atoms with Crippen LogP contribution in [0.3, 0.4) is 0 Å². The first kappa shape index (κ1) is 10.6. The maximum absolute atomic E-state index is 11.7. The molecule has 1 aromatic rings. The highest BCUT2D eigenvalue weighted by atomic mass is 19.3. The molecule has 0 aliphatic carbocycles. The minimum atomic E-state index is -2.44. The van der Waals surface area contributed by atoms with Crippen molar-refractivity contribution in [3.8, 4) is 0 Å². The summed E-state index contributed by atoms with van der Waals surface area (Å²) < 4.78 is 28.1. The van der Waals surface area contributed by atoms with Crippen LogP contribution in [-0.2, 0) is 6.54 Å². The van der Waals surface area contributed by atoms with E-state index in [9.17, 15) is 18.9 Å². The molecular weight excluding hydrogens is 198 g/mol. The van der Waals surface area contributed by atoms with Crippen LogP contribution < -0.4 is 5.32 Å². The average Bonchev–Trinajstić information content (AvgIpc) is 2.52. The summed E-state index contributed by atoms with van der Waals surface area (Å²) in [4.78, 5) is 9.48. The largest absolute Gasteiger partial charge is 0.433 e. The van der Waals surface area contributed by atoms with Gasteiger partial charge in [0.2, 0.25) is 0 Å². The molecule has 14 heavy (non-hydrogen) atoms. The normalized spacial score (nSPS) is 10.8. The molecule has 1 heterocycles. The predicted molar refractivity (Wildman–Crippen MR) is 43.1 cm³/mol. The Kier molecular flexibility index (Phi) is 3.52. The fourth-order valence-electron chi connectivity index (χ4n) is 0.864. The van der Waals surface area contributed by atoms with E-state index in [2.05, 4.69) is 5.32 Å². The molecule has 0 atom stereocenters. The standard InChI is InChI=1S/C7H8F2N2O3/c8-6(9)4-10-3-5-1-2-7(14-5)11(12)13/h1-2,6,10H,3-4H2. The Balaban J connectivity index is 2.40. The number of nitrogens with one attached hydrogen (secondary N) is 1. The quantitative estimate of drug-likeness (QED) is 0.586. The lowest BCUT2D eigenvalue weighted by Gasteiger charge is -1.99. The fraction of sp³-hybridized carbons (Fsp3) is 0.429. The number of hydrogen-bond donors (Lipinski definition) is 1. The van der Waals surface area contributed by atoms with E-state index in [1.165, 1.54) is 12.1 Å². The van der Waals surface area contributed by atoms with Crippen molar-refractivity contribution in [2.75, 3.05) is 6.54 Å². The van der Waals surface area contributed by atoms with E-state index in [0.717, 1.165) is 0 Å². The average molecular weight is 206 g/mol. The van der Waals surface area contributed by atoms with Gasteiger partial charge in [0.15, 0.2) is 0 Å². The lowest BCUT2D eigenvalue weighted by Crippen LogP contribution is -2.20. The molecule has 0 spiro atoms. The van der Waals surface area contributed by atoms with E-state index in [1.807, 2.05) is 0 Å². The first-order chi connectivity index (χ1) is 6.59. The van der Waals surface area contributed by atoms with Crippen molar-refractivity contribution >= 4 is 5.88 Å². The third-order valence-electron chi connectivity index (χ3n) is 1.43. The topological polar surface area (TPSA) is 68.3 Å². The molecule has 0 saturated carbocycles. The summed E-state index contributed by atoms with van der Waals surface area (Å²) in [5.74, 6) is -0.129. The van der Waals surface area contributed by atoms with Gasteiger partial charge in [0.25, 0.3) is 6.43 Å². The zero-order valence-electron chi connectivity index (χ0n) is 7.07. The van der Waals surface area contributed by atoms with E-state index in [1.54, 1.807) is 0 Å². The highest BCUT2D eigenvalue weighted by Gasteiger charge is 2.11.